The maximum atomic E-state index is 13.2. The number of hydrogen-bond donors (Lipinski definition) is 1. The van der Waals surface area contributed by atoms with Crippen molar-refractivity contribution < 1.29 is 9.50 Å². The van der Waals surface area contributed by atoms with Gasteiger partial charge in [0.25, 0.3) is 0 Å². The molecule has 0 bridgehead atoms. The number of imidazole rings is 1. The molecule has 5 heteroatoms. The normalized spacial score (nSPS) is 19.3. The third-order valence-corrected chi connectivity index (χ3v) is 5.23. The summed E-state index contributed by atoms with van der Waals surface area (Å²) < 4.78 is 15.0. The van der Waals surface area contributed by atoms with Gasteiger partial charge in [0.2, 0.25) is 0 Å². The minimum absolute atomic E-state index is 0.189. The molecule has 1 N–H and O–H groups in total. The first-order valence-electron chi connectivity index (χ1n) is 8.75. The molecular formula is C19H26FN3O. The van der Waals surface area contributed by atoms with E-state index < -0.39 is 6.10 Å². The second-order valence-corrected chi connectivity index (χ2v) is 6.69. The lowest BCUT2D eigenvalue weighted by Gasteiger charge is -2.38. The fourth-order valence-electron chi connectivity index (χ4n) is 3.81. The summed E-state index contributed by atoms with van der Waals surface area (Å²) in [6.45, 7) is 4.06. The van der Waals surface area contributed by atoms with E-state index in [2.05, 4.69) is 16.8 Å². The average Bonchev–Trinajstić information content (AvgIpc) is 3.03. The van der Waals surface area contributed by atoms with Crippen LogP contribution in [0.25, 0.3) is 0 Å². The number of halogens is 1. The second kappa shape index (κ2) is 7.45. The molecule has 0 spiro atoms. The number of likely N-dealkylation sites (tertiary alicyclic amines) is 1. The van der Waals surface area contributed by atoms with E-state index in [0.29, 0.717) is 6.04 Å². The first-order chi connectivity index (χ1) is 11.6. The van der Waals surface area contributed by atoms with Crippen LogP contribution in [0.5, 0.6) is 0 Å². The van der Waals surface area contributed by atoms with Gasteiger partial charge in [0.05, 0.1) is 0 Å². The molecule has 2 atom stereocenters. The predicted molar refractivity (Wildman–Crippen MR) is 91.9 cm³/mol. The fraction of sp³-hybridized carbons (Fsp3) is 0.526. The lowest BCUT2D eigenvalue weighted by molar-refractivity contribution is 0.0374. The van der Waals surface area contributed by atoms with E-state index in [4.69, 9.17) is 0 Å². The SMILES string of the molecule is CCC(c1ccc(F)cc1)N1CCC(C(O)c2nccn2C)CC1. The maximum absolute atomic E-state index is 13.2. The van der Waals surface area contributed by atoms with E-state index in [1.54, 1.807) is 6.20 Å². The van der Waals surface area contributed by atoms with E-state index in [0.717, 1.165) is 38.2 Å². The van der Waals surface area contributed by atoms with Gasteiger partial charge < -0.3 is 9.67 Å². The summed E-state index contributed by atoms with van der Waals surface area (Å²) in [4.78, 5) is 6.73. The number of aromatic nitrogens is 2. The van der Waals surface area contributed by atoms with Crippen molar-refractivity contribution in [2.75, 3.05) is 13.1 Å². The molecular weight excluding hydrogens is 305 g/mol. The molecule has 4 nitrogen and oxygen atoms in total. The minimum Gasteiger partial charge on any atom is -0.385 e. The number of aliphatic hydroxyl groups excluding tert-OH is 1. The summed E-state index contributed by atoms with van der Waals surface area (Å²) in [6.07, 6.45) is 6.00. The van der Waals surface area contributed by atoms with E-state index in [1.807, 2.05) is 29.9 Å². The summed E-state index contributed by atoms with van der Waals surface area (Å²) in [6, 6.07) is 7.17. The molecule has 0 aliphatic carbocycles. The van der Waals surface area contributed by atoms with E-state index in [-0.39, 0.29) is 11.7 Å². The Balaban J connectivity index is 1.63. The molecule has 1 saturated heterocycles. The van der Waals surface area contributed by atoms with Crippen LogP contribution in [-0.2, 0) is 7.05 Å². The van der Waals surface area contributed by atoms with Crippen LogP contribution < -0.4 is 0 Å². The molecule has 1 fully saturated rings. The van der Waals surface area contributed by atoms with Crippen molar-refractivity contribution in [1.82, 2.24) is 14.5 Å². The summed E-state index contributed by atoms with van der Waals surface area (Å²) in [5.41, 5.74) is 1.17. The molecule has 2 heterocycles. The molecule has 1 aromatic carbocycles. The molecule has 0 saturated carbocycles. The molecule has 2 aromatic rings. The standard InChI is InChI=1S/C19H26FN3O/c1-3-17(14-4-6-16(20)7-5-14)23-11-8-15(9-12-23)18(24)19-21-10-13-22(19)2/h4-7,10,13,15,17-18,24H,3,8-9,11-12H2,1-2H3. The molecule has 24 heavy (non-hydrogen) atoms. The van der Waals surface area contributed by atoms with Crippen molar-refractivity contribution in [3.05, 3.63) is 53.9 Å². The maximum Gasteiger partial charge on any atom is 0.137 e. The summed E-state index contributed by atoms with van der Waals surface area (Å²) in [7, 11) is 1.92. The number of benzene rings is 1. The Morgan fingerprint density at radius 1 is 1.25 bits per heavy atom. The van der Waals surface area contributed by atoms with Crippen molar-refractivity contribution in [3.63, 3.8) is 0 Å². The summed E-state index contributed by atoms with van der Waals surface area (Å²) in [5, 5.41) is 10.6. The fourth-order valence-corrected chi connectivity index (χ4v) is 3.81. The number of nitrogens with zero attached hydrogens (tertiary/aromatic N) is 3. The third-order valence-electron chi connectivity index (χ3n) is 5.23. The zero-order valence-corrected chi connectivity index (χ0v) is 14.4. The lowest BCUT2D eigenvalue weighted by Crippen LogP contribution is -2.38. The Bertz CT molecular complexity index is 647. The van der Waals surface area contributed by atoms with Crippen LogP contribution in [0.1, 0.15) is 49.7 Å². The van der Waals surface area contributed by atoms with E-state index >= 15 is 0 Å². The zero-order chi connectivity index (χ0) is 17.1. The van der Waals surface area contributed by atoms with E-state index in [1.165, 1.54) is 17.7 Å². The Morgan fingerprint density at radius 2 is 1.92 bits per heavy atom. The molecule has 1 aromatic heterocycles. The monoisotopic (exact) mass is 331 g/mol. The molecule has 3 rings (SSSR count). The smallest absolute Gasteiger partial charge is 0.137 e. The van der Waals surface area contributed by atoms with Gasteiger partial charge in [-0.3, -0.25) is 4.90 Å². The van der Waals surface area contributed by atoms with Gasteiger partial charge in [0.1, 0.15) is 17.7 Å². The Hall–Kier alpha value is -1.72. The van der Waals surface area contributed by atoms with Crippen LogP contribution in [0, 0.1) is 11.7 Å². The van der Waals surface area contributed by atoms with Crippen LogP contribution in [0.3, 0.4) is 0 Å². The highest BCUT2D eigenvalue weighted by Crippen LogP contribution is 2.34. The molecule has 1 aliphatic heterocycles. The van der Waals surface area contributed by atoms with Crippen LogP contribution in [-0.4, -0.2) is 32.6 Å². The van der Waals surface area contributed by atoms with Crippen LogP contribution >= 0.6 is 0 Å². The van der Waals surface area contributed by atoms with E-state index in [9.17, 15) is 9.50 Å². The minimum atomic E-state index is -0.502. The van der Waals surface area contributed by atoms with Crippen molar-refractivity contribution >= 4 is 0 Å². The highest BCUT2D eigenvalue weighted by molar-refractivity contribution is 5.20. The lowest BCUT2D eigenvalue weighted by atomic mass is 9.89. The topological polar surface area (TPSA) is 41.3 Å². The molecule has 130 valence electrons. The number of aryl methyl sites for hydroxylation is 1. The van der Waals surface area contributed by atoms with Crippen LogP contribution in [0.15, 0.2) is 36.7 Å². The quantitative estimate of drug-likeness (QED) is 0.912. The number of rotatable bonds is 5. The Labute approximate surface area is 142 Å². The Morgan fingerprint density at radius 3 is 2.46 bits per heavy atom. The second-order valence-electron chi connectivity index (χ2n) is 6.69. The summed E-state index contributed by atoms with van der Waals surface area (Å²) in [5.74, 6) is 0.803. The van der Waals surface area contributed by atoms with Gasteiger partial charge in [0, 0.05) is 25.5 Å². The molecule has 2 unspecified atom stereocenters. The number of piperidine rings is 1. The van der Waals surface area contributed by atoms with Crippen molar-refractivity contribution in [3.8, 4) is 0 Å². The highest BCUT2D eigenvalue weighted by Gasteiger charge is 2.30. The van der Waals surface area contributed by atoms with Gasteiger partial charge in [-0.1, -0.05) is 19.1 Å². The van der Waals surface area contributed by atoms with Crippen molar-refractivity contribution in [2.24, 2.45) is 13.0 Å². The highest BCUT2D eigenvalue weighted by atomic mass is 19.1. The zero-order valence-electron chi connectivity index (χ0n) is 14.4. The first kappa shape index (κ1) is 17.1. The largest absolute Gasteiger partial charge is 0.385 e. The Kier molecular flexibility index (Phi) is 5.31. The first-order valence-corrected chi connectivity index (χ1v) is 8.75. The van der Waals surface area contributed by atoms with Crippen molar-refractivity contribution in [1.29, 1.82) is 0 Å². The van der Waals surface area contributed by atoms with Crippen LogP contribution in [0.2, 0.25) is 0 Å². The molecule has 1 aliphatic rings. The van der Waals surface area contributed by atoms with Gasteiger partial charge in [0.15, 0.2) is 0 Å². The van der Waals surface area contributed by atoms with Gasteiger partial charge in [-0.2, -0.15) is 0 Å². The predicted octanol–water partition coefficient (Wildman–Crippen LogP) is 3.46. The van der Waals surface area contributed by atoms with Gasteiger partial charge >= 0.3 is 0 Å². The third kappa shape index (κ3) is 3.52. The van der Waals surface area contributed by atoms with Gasteiger partial charge in [-0.25, -0.2) is 9.37 Å². The molecule has 0 amide bonds. The number of hydrogen-bond acceptors (Lipinski definition) is 3. The average molecular weight is 331 g/mol. The summed E-state index contributed by atoms with van der Waals surface area (Å²) >= 11 is 0. The van der Waals surface area contributed by atoms with Gasteiger partial charge in [-0.15, -0.1) is 0 Å². The van der Waals surface area contributed by atoms with Crippen molar-refractivity contribution in [2.45, 2.75) is 38.3 Å². The van der Waals surface area contributed by atoms with Gasteiger partial charge in [-0.05, 0) is 56.0 Å². The van der Waals surface area contributed by atoms with Crippen LogP contribution in [0.4, 0.5) is 4.39 Å². The molecule has 0 radical (unpaired) electrons. The number of aliphatic hydroxyl groups is 1.